The van der Waals surface area contributed by atoms with Crippen LogP contribution in [0, 0.1) is 5.41 Å². The molecule has 1 saturated heterocycles. The van der Waals surface area contributed by atoms with Gasteiger partial charge in [0, 0.05) is 12.2 Å². The quantitative estimate of drug-likeness (QED) is 0.268. The second-order valence-corrected chi connectivity index (χ2v) is 5.28. The number of methoxy groups -OCH3 is 1. The fourth-order valence-corrected chi connectivity index (χ4v) is 2.44. The van der Waals surface area contributed by atoms with Crippen LogP contribution in [0.2, 0.25) is 0 Å². The maximum atomic E-state index is 12.4. The van der Waals surface area contributed by atoms with Crippen molar-refractivity contribution in [3.63, 3.8) is 0 Å². The van der Waals surface area contributed by atoms with Crippen LogP contribution < -0.4 is 15.0 Å². The zero-order chi connectivity index (χ0) is 17.7. The number of nitrogens with one attached hydrogen (secondary N) is 2. The van der Waals surface area contributed by atoms with Gasteiger partial charge in [-0.1, -0.05) is 13.3 Å². The van der Waals surface area contributed by atoms with E-state index in [0.717, 1.165) is 17.7 Å². The van der Waals surface area contributed by atoms with E-state index < -0.39 is 29.2 Å². The highest BCUT2D eigenvalue weighted by molar-refractivity contribution is 6.42. The topological polar surface area (TPSA) is 99.6 Å². The van der Waals surface area contributed by atoms with Crippen molar-refractivity contribution < 1.29 is 19.1 Å². The molecule has 0 spiro atoms. The first-order valence-corrected chi connectivity index (χ1v) is 7.64. The van der Waals surface area contributed by atoms with Gasteiger partial charge >= 0.3 is 0 Å². The van der Waals surface area contributed by atoms with Gasteiger partial charge in [-0.15, -0.1) is 0 Å². The van der Waals surface area contributed by atoms with E-state index in [1.165, 1.54) is 7.11 Å². The molecule has 1 atom stereocenters. The van der Waals surface area contributed by atoms with Crippen molar-refractivity contribution in [2.24, 2.45) is 0 Å². The van der Waals surface area contributed by atoms with Gasteiger partial charge in [0.15, 0.2) is 6.04 Å². The van der Waals surface area contributed by atoms with Gasteiger partial charge in [0.1, 0.15) is 11.3 Å². The number of benzene rings is 1. The zero-order valence-corrected chi connectivity index (χ0v) is 13.6. The number of Topliss-reactive ketones (excluding diaryl/α,β-unsaturated/α-hetero) is 1. The predicted molar refractivity (Wildman–Crippen MR) is 88.4 cm³/mol. The van der Waals surface area contributed by atoms with E-state index in [2.05, 4.69) is 5.32 Å². The summed E-state index contributed by atoms with van der Waals surface area (Å²) < 4.78 is 5.06. The SMILES string of the molecule is CCCCNC(=O)C1C(=O)C(=C=N)C(=O)N1c1ccc(OC)cc1. The van der Waals surface area contributed by atoms with Crippen LogP contribution in [0.25, 0.3) is 0 Å². The Balaban J connectivity index is 2.36. The highest BCUT2D eigenvalue weighted by Gasteiger charge is 2.48. The second-order valence-electron chi connectivity index (χ2n) is 5.28. The van der Waals surface area contributed by atoms with Gasteiger partial charge in [-0.2, -0.15) is 0 Å². The van der Waals surface area contributed by atoms with Gasteiger partial charge < -0.3 is 10.1 Å². The van der Waals surface area contributed by atoms with Crippen LogP contribution >= 0.6 is 0 Å². The third kappa shape index (κ3) is 3.21. The van der Waals surface area contributed by atoms with Crippen LogP contribution in [0.15, 0.2) is 29.8 Å². The molecule has 2 amide bonds. The molecule has 0 aromatic heterocycles. The van der Waals surface area contributed by atoms with Gasteiger partial charge in [0.25, 0.3) is 11.8 Å². The van der Waals surface area contributed by atoms with Crippen LogP contribution in [0.1, 0.15) is 19.8 Å². The van der Waals surface area contributed by atoms with Crippen LogP contribution in [0.4, 0.5) is 5.69 Å². The first-order valence-electron chi connectivity index (χ1n) is 7.64. The Morgan fingerprint density at radius 3 is 2.54 bits per heavy atom. The maximum absolute atomic E-state index is 12.4. The zero-order valence-electron chi connectivity index (χ0n) is 13.6. The Labute approximate surface area is 139 Å². The molecule has 1 unspecified atom stereocenters. The molecule has 0 bridgehead atoms. The molecule has 7 nitrogen and oxygen atoms in total. The first kappa shape index (κ1) is 17.4. The number of carbonyl (C=O) groups is 3. The number of carbonyl (C=O) groups excluding carboxylic acids is 3. The lowest BCUT2D eigenvalue weighted by Crippen LogP contribution is -2.48. The lowest BCUT2D eigenvalue weighted by Gasteiger charge is -2.22. The highest BCUT2D eigenvalue weighted by Crippen LogP contribution is 2.28. The molecule has 1 aliphatic heterocycles. The summed E-state index contributed by atoms with van der Waals surface area (Å²) in [6, 6.07) is 5.12. The summed E-state index contributed by atoms with van der Waals surface area (Å²) in [5.41, 5.74) is -0.0310. The number of ether oxygens (including phenoxy) is 1. The molecular weight excluding hydrogens is 310 g/mol. The van der Waals surface area contributed by atoms with E-state index in [0.29, 0.717) is 18.0 Å². The summed E-state index contributed by atoms with van der Waals surface area (Å²) in [4.78, 5) is 38.3. The summed E-state index contributed by atoms with van der Waals surface area (Å²) in [6.07, 6.45) is 1.67. The molecule has 2 N–H and O–H groups in total. The standard InChI is InChI=1S/C17H19N3O4/c1-3-4-9-19-16(22)14-15(21)13(10-18)17(23)20(14)11-5-7-12(24-2)8-6-11/h5-8,14,18H,3-4,9H2,1-2H3,(H,19,22). The van der Waals surface area contributed by atoms with Gasteiger partial charge in [0.2, 0.25) is 5.78 Å². The van der Waals surface area contributed by atoms with Crippen LogP contribution in [-0.4, -0.2) is 43.2 Å². The van der Waals surface area contributed by atoms with E-state index in [4.69, 9.17) is 10.1 Å². The van der Waals surface area contributed by atoms with Gasteiger partial charge in [-0.05, 0) is 36.6 Å². The van der Waals surface area contributed by atoms with Gasteiger partial charge in [0.05, 0.1) is 7.11 Å². The summed E-state index contributed by atoms with van der Waals surface area (Å²) in [6.45, 7) is 2.41. The lowest BCUT2D eigenvalue weighted by atomic mass is 10.1. The molecule has 0 saturated carbocycles. The molecule has 1 fully saturated rings. The minimum atomic E-state index is -1.31. The normalized spacial score (nSPS) is 17.0. The molecule has 0 radical (unpaired) electrons. The average molecular weight is 329 g/mol. The van der Waals surface area contributed by atoms with E-state index in [-0.39, 0.29) is 0 Å². The van der Waals surface area contributed by atoms with Crippen LogP contribution in [0.5, 0.6) is 5.75 Å². The summed E-state index contributed by atoms with van der Waals surface area (Å²) in [5.74, 6) is 0.486. The fraction of sp³-hybridized carbons (Fsp3) is 0.353. The number of hydrogen-bond acceptors (Lipinski definition) is 5. The molecule has 7 heteroatoms. The molecule has 2 rings (SSSR count). The Kier molecular flexibility index (Phi) is 5.50. The monoisotopic (exact) mass is 329 g/mol. The van der Waals surface area contributed by atoms with Gasteiger partial charge in [-0.3, -0.25) is 24.7 Å². The second kappa shape index (κ2) is 7.57. The fourth-order valence-electron chi connectivity index (χ4n) is 2.44. The summed E-state index contributed by atoms with van der Waals surface area (Å²) in [5, 5.41) is 9.83. The van der Waals surface area contributed by atoms with Crippen molar-refractivity contribution in [2.45, 2.75) is 25.8 Å². The first-order chi connectivity index (χ1) is 11.5. The van der Waals surface area contributed by atoms with Crippen molar-refractivity contribution in [3.05, 3.63) is 29.8 Å². The molecule has 126 valence electrons. The smallest absolute Gasteiger partial charge is 0.272 e. The van der Waals surface area contributed by atoms with Crippen LogP contribution in [-0.2, 0) is 14.4 Å². The number of rotatable bonds is 6. The third-order valence-electron chi connectivity index (χ3n) is 3.74. The number of unbranched alkanes of at least 4 members (excludes halogenated alkanes) is 1. The Hall–Kier alpha value is -2.92. The lowest BCUT2D eigenvalue weighted by molar-refractivity contribution is -0.127. The number of amides is 2. The molecule has 1 heterocycles. The molecule has 1 aromatic rings. The van der Waals surface area contributed by atoms with E-state index in [1.54, 1.807) is 24.3 Å². The summed E-state index contributed by atoms with van der Waals surface area (Å²) in [7, 11) is 1.51. The van der Waals surface area contributed by atoms with Crippen molar-refractivity contribution >= 4 is 29.2 Å². The predicted octanol–water partition coefficient (Wildman–Crippen LogP) is 1.07. The molecule has 1 aliphatic rings. The highest BCUT2D eigenvalue weighted by atomic mass is 16.5. The summed E-state index contributed by atoms with van der Waals surface area (Å²) >= 11 is 0. The van der Waals surface area contributed by atoms with Crippen molar-refractivity contribution in [1.29, 1.82) is 5.41 Å². The number of nitrogens with zero attached hydrogens (tertiary/aromatic N) is 1. The van der Waals surface area contributed by atoms with E-state index >= 15 is 0 Å². The minimum absolute atomic E-state index is 0.384. The molecular formula is C17H19N3O4. The third-order valence-corrected chi connectivity index (χ3v) is 3.74. The van der Waals surface area contributed by atoms with Crippen LogP contribution in [0.3, 0.4) is 0 Å². The molecule has 0 aliphatic carbocycles. The largest absolute Gasteiger partial charge is 0.497 e. The Morgan fingerprint density at radius 1 is 1.33 bits per heavy atom. The number of anilines is 1. The van der Waals surface area contributed by atoms with E-state index in [9.17, 15) is 14.4 Å². The van der Waals surface area contributed by atoms with E-state index in [1.807, 2.05) is 12.8 Å². The van der Waals surface area contributed by atoms with Crippen molar-refractivity contribution in [1.82, 2.24) is 5.32 Å². The molecule has 1 aromatic carbocycles. The van der Waals surface area contributed by atoms with Gasteiger partial charge in [-0.25, -0.2) is 0 Å². The maximum Gasteiger partial charge on any atom is 0.272 e. The van der Waals surface area contributed by atoms with Crippen molar-refractivity contribution in [3.8, 4) is 5.75 Å². The Bertz CT molecular complexity index is 705. The number of ketones is 1. The average Bonchev–Trinajstić information content (AvgIpc) is 2.85. The number of hydrogen-bond donors (Lipinski definition) is 2. The molecule has 24 heavy (non-hydrogen) atoms. The minimum Gasteiger partial charge on any atom is -0.497 e. The Morgan fingerprint density at radius 2 is 2.00 bits per heavy atom. The van der Waals surface area contributed by atoms with Crippen molar-refractivity contribution in [2.75, 3.05) is 18.6 Å².